The lowest BCUT2D eigenvalue weighted by Gasteiger charge is -2.30. The number of aromatic nitrogens is 1. The van der Waals surface area contributed by atoms with Crippen molar-refractivity contribution in [2.75, 3.05) is 27.3 Å². The van der Waals surface area contributed by atoms with Crippen LogP contribution in [0.3, 0.4) is 0 Å². The molecule has 0 aliphatic carbocycles. The molecule has 1 amide bonds. The maximum absolute atomic E-state index is 14.0. The molecule has 0 saturated carbocycles. The van der Waals surface area contributed by atoms with E-state index in [4.69, 9.17) is 14.5 Å². The Hall–Kier alpha value is -2.39. The van der Waals surface area contributed by atoms with Crippen molar-refractivity contribution in [3.05, 3.63) is 79.6 Å². The van der Waals surface area contributed by atoms with Crippen LogP contribution in [0.15, 0.2) is 51.4 Å². The fourth-order valence-electron chi connectivity index (χ4n) is 4.46. The minimum absolute atomic E-state index is 0.108. The van der Waals surface area contributed by atoms with Gasteiger partial charge < -0.3 is 19.5 Å². The first-order chi connectivity index (χ1) is 18.1. The molecule has 0 radical (unpaired) electrons. The van der Waals surface area contributed by atoms with E-state index in [-0.39, 0.29) is 17.2 Å². The minimum atomic E-state index is -0.781. The Labute approximate surface area is 251 Å². The molecule has 1 aliphatic rings. The Kier molecular flexibility index (Phi) is 8.87. The van der Waals surface area contributed by atoms with Gasteiger partial charge in [-0.15, -0.1) is 0 Å². The van der Waals surface area contributed by atoms with Crippen molar-refractivity contribution in [3.8, 4) is 17.2 Å². The molecule has 0 fully saturated rings. The molecule has 8 nitrogen and oxygen atoms in total. The van der Waals surface area contributed by atoms with Gasteiger partial charge in [-0.2, -0.15) is 0 Å². The van der Waals surface area contributed by atoms with Gasteiger partial charge in [0.05, 0.1) is 33.6 Å². The van der Waals surface area contributed by atoms with E-state index in [9.17, 15) is 14.7 Å². The van der Waals surface area contributed by atoms with Gasteiger partial charge >= 0.3 is 0 Å². The Balaban J connectivity index is 2.05. The monoisotopic (exact) mass is 759 g/mol. The molecule has 1 aromatic heterocycles. The van der Waals surface area contributed by atoms with Crippen molar-refractivity contribution in [1.82, 2.24) is 9.47 Å². The Morgan fingerprint density at radius 1 is 1.18 bits per heavy atom. The summed E-state index contributed by atoms with van der Waals surface area (Å²) in [4.78, 5) is 34.7. The number of hydrogen-bond acceptors (Lipinski definition) is 7. The maximum Gasteiger partial charge on any atom is 0.271 e. The zero-order valence-corrected chi connectivity index (χ0v) is 26.7. The van der Waals surface area contributed by atoms with E-state index in [1.54, 1.807) is 54.9 Å². The Morgan fingerprint density at radius 2 is 1.89 bits per heavy atom. The molecule has 4 rings (SSSR count). The van der Waals surface area contributed by atoms with Crippen molar-refractivity contribution in [3.63, 3.8) is 0 Å². The molecule has 11 heteroatoms. The zero-order valence-electron chi connectivity index (χ0n) is 21.5. The number of rotatable bonds is 7. The summed E-state index contributed by atoms with van der Waals surface area (Å²) >= 11 is 5.46. The van der Waals surface area contributed by atoms with Crippen LogP contribution in [0.1, 0.15) is 37.9 Å². The number of nitrogens with zero attached hydrogens (tertiary/aromatic N) is 3. The first-order valence-electron chi connectivity index (χ1n) is 11.9. The number of amides is 1. The predicted octanol–water partition coefficient (Wildman–Crippen LogP) is 4.04. The number of methoxy groups -OCH3 is 2. The summed E-state index contributed by atoms with van der Waals surface area (Å²) in [7, 11) is 3.12. The van der Waals surface area contributed by atoms with Gasteiger partial charge in [0.25, 0.3) is 11.5 Å². The number of phenols is 1. The zero-order chi connectivity index (χ0) is 27.7. The third-order valence-electron chi connectivity index (χ3n) is 6.38. The van der Waals surface area contributed by atoms with Gasteiger partial charge in [0, 0.05) is 27.8 Å². The van der Waals surface area contributed by atoms with Crippen molar-refractivity contribution in [2.45, 2.75) is 26.8 Å². The number of aromatic hydroxyl groups is 1. The normalized spacial score (nSPS) is 15.2. The van der Waals surface area contributed by atoms with Crippen LogP contribution >= 0.6 is 56.5 Å². The molecule has 0 spiro atoms. The highest BCUT2D eigenvalue weighted by Gasteiger charge is 2.36. The van der Waals surface area contributed by atoms with Gasteiger partial charge in [-0.25, -0.2) is 4.99 Å². The topological polar surface area (TPSA) is 93.4 Å². The number of ether oxygens (including phenoxy) is 2. The number of carbonyl (C=O) groups excluding carboxylic acids is 1. The average molecular weight is 759 g/mol. The van der Waals surface area contributed by atoms with Gasteiger partial charge in [0.15, 0.2) is 4.80 Å². The summed E-state index contributed by atoms with van der Waals surface area (Å²) in [5.41, 5.74) is 1.80. The van der Waals surface area contributed by atoms with Crippen LogP contribution in [-0.4, -0.2) is 47.8 Å². The highest BCUT2D eigenvalue weighted by molar-refractivity contribution is 14.1. The standard InChI is InChI=1S/C27H27I2N3O5S/c1-6-31(7-2)26(35)22-14(3)30-27-32(23(22)18-13-17(36-4)8-9-20(18)37-5)25(34)21(38-27)11-15-10-16(28)12-19(29)24(15)33/h8-13,23,33H,6-7H2,1-5H3/b21-11+/t23-/m0/s1. The lowest BCUT2D eigenvalue weighted by molar-refractivity contribution is -0.127. The van der Waals surface area contributed by atoms with Crippen LogP contribution < -0.4 is 24.4 Å². The lowest BCUT2D eigenvalue weighted by atomic mass is 9.93. The first kappa shape index (κ1) is 28.6. The van der Waals surface area contributed by atoms with Gasteiger partial charge in [0.2, 0.25) is 0 Å². The van der Waals surface area contributed by atoms with Crippen molar-refractivity contribution in [2.24, 2.45) is 4.99 Å². The first-order valence-corrected chi connectivity index (χ1v) is 14.8. The fraction of sp³-hybridized carbons (Fsp3) is 0.296. The molecule has 38 heavy (non-hydrogen) atoms. The molecule has 2 heterocycles. The molecule has 2 aromatic carbocycles. The van der Waals surface area contributed by atoms with E-state index in [2.05, 4.69) is 45.2 Å². The maximum atomic E-state index is 14.0. The highest BCUT2D eigenvalue weighted by atomic mass is 127. The predicted molar refractivity (Wildman–Crippen MR) is 165 cm³/mol. The third-order valence-corrected chi connectivity index (χ3v) is 8.81. The molecule has 1 aliphatic heterocycles. The number of phenolic OH excluding ortho intramolecular Hbond substituents is 1. The van der Waals surface area contributed by atoms with Crippen LogP contribution in [0.2, 0.25) is 0 Å². The molecule has 0 saturated heterocycles. The minimum Gasteiger partial charge on any atom is -0.506 e. The second-order valence-electron chi connectivity index (χ2n) is 8.49. The molecule has 1 atom stereocenters. The summed E-state index contributed by atoms with van der Waals surface area (Å²) in [6.07, 6.45) is 1.68. The number of fused-ring (bicyclic) bond motifs is 1. The lowest BCUT2D eigenvalue weighted by Crippen LogP contribution is -2.43. The summed E-state index contributed by atoms with van der Waals surface area (Å²) in [6, 6.07) is 8.23. The molecule has 1 N–H and O–H groups in total. The summed E-state index contributed by atoms with van der Waals surface area (Å²) in [6.45, 7) is 6.67. The third kappa shape index (κ3) is 5.24. The molecule has 200 valence electrons. The quantitative estimate of drug-likeness (QED) is 0.368. The van der Waals surface area contributed by atoms with E-state index in [0.29, 0.717) is 59.9 Å². The number of hydrogen-bond donors (Lipinski definition) is 1. The van der Waals surface area contributed by atoms with Crippen LogP contribution in [-0.2, 0) is 4.79 Å². The largest absolute Gasteiger partial charge is 0.506 e. The van der Waals surface area contributed by atoms with Gasteiger partial charge in [-0.1, -0.05) is 11.3 Å². The second-order valence-corrected chi connectivity index (χ2v) is 11.9. The smallest absolute Gasteiger partial charge is 0.271 e. The van der Waals surface area contributed by atoms with E-state index in [1.165, 1.54) is 11.3 Å². The van der Waals surface area contributed by atoms with E-state index in [0.717, 1.165) is 3.57 Å². The number of thiazole rings is 1. The van der Waals surface area contributed by atoms with E-state index < -0.39 is 6.04 Å². The average Bonchev–Trinajstić information content (AvgIpc) is 3.20. The summed E-state index contributed by atoms with van der Waals surface area (Å²) in [5.74, 6) is 1.02. The van der Waals surface area contributed by atoms with Crippen LogP contribution in [0.4, 0.5) is 0 Å². The van der Waals surface area contributed by atoms with Crippen molar-refractivity contribution in [1.29, 1.82) is 0 Å². The fourth-order valence-corrected chi connectivity index (χ4v) is 7.39. The number of benzene rings is 2. The number of carbonyl (C=O) groups is 1. The van der Waals surface area contributed by atoms with E-state index >= 15 is 0 Å². The molecule has 3 aromatic rings. The number of likely N-dealkylation sites (N-methyl/N-ethyl adjacent to an activating group) is 1. The summed E-state index contributed by atoms with van der Waals surface area (Å²) < 4.78 is 14.7. The highest BCUT2D eigenvalue weighted by Crippen LogP contribution is 2.38. The Morgan fingerprint density at radius 3 is 2.53 bits per heavy atom. The molecular weight excluding hydrogens is 732 g/mol. The molecule has 0 unspecified atom stereocenters. The second kappa shape index (κ2) is 11.8. The van der Waals surface area contributed by atoms with Crippen LogP contribution in [0.5, 0.6) is 17.2 Å². The van der Waals surface area contributed by atoms with Gasteiger partial charge in [-0.3, -0.25) is 14.2 Å². The van der Waals surface area contributed by atoms with Crippen molar-refractivity contribution >= 4 is 68.5 Å². The van der Waals surface area contributed by atoms with Gasteiger partial charge in [-0.05, 0) is 102 Å². The number of allylic oxidation sites excluding steroid dienone is 1. The van der Waals surface area contributed by atoms with E-state index in [1.807, 2.05) is 26.0 Å². The van der Waals surface area contributed by atoms with Crippen LogP contribution in [0.25, 0.3) is 6.08 Å². The Bertz CT molecular complexity index is 1620. The molecular formula is C27H27I2N3O5S. The molecule has 0 bridgehead atoms. The van der Waals surface area contributed by atoms with Crippen molar-refractivity contribution < 1.29 is 19.4 Å². The number of halogens is 2. The SMILES string of the molecule is CCN(CC)C(=O)C1=C(C)N=c2s/c(=C/c3cc(I)cc(I)c3O)c(=O)n2[C@H]1c1cc(OC)ccc1OC. The van der Waals surface area contributed by atoms with Crippen LogP contribution in [0, 0.1) is 7.14 Å². The van der Waals surface area contributed by atoms with Gasteiger partial charge in [0.1, 0.15) is 23.3 Å². The summed E-state index contributed by atoms with van der Waals surface area (Å²) in [5, 5.41) is 10.6.